The van der Waals surface area contributed by atoms with E-state index in [1.807, 2.05) is 0 Å². The highest BCUT2D eigenvalue weighted by atomic mass is 32.1. The number of hydrogen-bond donors (Lipinski definition) is 1. The maximum absolute atomic E-state index is 11.9. The number of aryl methyl sites for hydroxylation is 1. The molecule has 0 aromatic carbocycles. The van der Waals surface area contributed by atoms with Crippen molar-refractivity contribution >= 4 is 17.2 Å². The average Bonchev–Trinajstić information content (AvgIpc) is 2.94. The Morgan fingerprint density at radius 2 is 2.25 bits per heavy atom. The van der Waals surface area contributed by atoms with Gasteiger partial charge in [0.25, 0.3) is 0 Å². The molecule has 1 aromatic heterocycles. The Morgan fingerprint density at radius 3 is 2.90 bits per heavy atom. The lowest BCUT2D eigenvalue weighted by Gasteiger charge is -2.32. The quantitative estimate of drug-likeness (QED) is 0.838. The molecule has 0 radical (unpaired) electrons. The molecule has 112 valence electrons. The summed E-state index contributed by atoms with van der Waals surface area (Å²) in [6.45, 7) is 5.69. The van der Waals surface area contributed by atoms with E-state index >= 15 is 0 Å². The van der Waals surface area contributed by atoms with E-state index in [0.29, 0.717) is 12.5 Å². The number of piperidine rings is 1. The van der Waals surface area contributed by atoms with Crippen LogP contribution in [0.5, 0.6) is 0 Å². The zero-order valence-corrected chi connectivity index (χ0v) is 13.3. The van der Waals surface area contributed by atoms with Gasteiger partial charge in [-0.1, -0.05) is 13.0 Å². The molecule has 0 saturated carbocycles. The van der Waals surface area contributed by atoms with Gasteiger partial charge in [0.05, 0.1) is 0 Å². The van der Waals surface area contributed by atoms with Crippen molar-refractivity contribution in [1.82, 2.24) is 10.2 Å². The lowest BCUT2D eigenvalue weighted by molar-refractivity contribution is -0.122. The number of nitrogens with one attached hydrogen (secondary N) is 1. The molecule has 0 unspecified atom stereocenters. The van der Waals surface area contributed by atoms with Gasteiger partial charge in [0.2, 0.25) is 5.91 Å². The predicted molar refractivity (Wildman–Crippen MR) is 85.2 cm³/mol. The van der Waals surface area contributed by atoms with E-state index in [4.69, 9.17) is 0 Å². The molecule has 1 fully saturated rings. The second-order valence-electron chi connectivity index (χ2n) is 5.62. The summed E-state index contributed by atoms with van der Waals surface area (Å²) in [5, 5.41) is 5.30. The van der Waals surface area contributed by atoms with Crippen molar-refractivity contribution in [3.63, 3.8) is 0 Å². The van der Waals surface area contributed by atoms with Crippen LogP contribution < -0.4 is 5.32 Å². The van der Waals surface area contributed by atoms with Crippen molar-refractivity contribution < 1.29 is 4.79 Å². The molecule has 0 atom stereocenters. The summed E-state index contributed by atoms with van der Waals surface area (Å²) in [5.74, 6) is 0.232. The van der Waals surface area contributed by atoms with Crippen LogP contribution in [0.25, 0.3) is 0 Å². The zero-order chi connectivity index (χ0) is 14.2. The number of thiophene rings is 1. The lowest BCUT2D eigenvalue weighted by atomic mass is 10.0. The Morgan fingerprint density at radius 1 is 1.45 bits per heavy atom. The summed E-state index contributed by atoms with van der Waals surface area (Å²) >= 11 is 1.78. The number of likely N-dealkylation sites (tertiary alicyclic amines) is 1. The molecule has 3 nitrogen and oxygen atoms in total. The maximum Gasteiger partial charge on any atom is 0.220 e. The summed E-state index contributed by atoms with van der Waals surface area (Å²) in [6.07, 6.45) is 6.08. The van der Waals surface area contributed by atoms with Crippen molar-refractivity contribution in [3.05, 3.63) is 22.4 Å². The van der Waals surface area contributed by atoms with Crippen molar-refractivity contribution in [1.29, 1.82) is 0 Å². The Labute approximate surface area is 126 Å². The summed E-state index contributed by atoms with van der Waals surface area (Å²) in [5.41, 5.74) is 0. The Balaban J connectivity index is 1.58. The molecule has 0 spiro atoms. The van der Waals surface area contributed by atoms with Gasteiger partial charge in [-0.2, -0.15) is 0 Å². The second-order valence-corrected chi connectivity index (χ2v) is 6.65. The smallest absolute Gasteiger partial charge is 0.220 e. The standard InChI is InChI=1S/C16H26N2OS/c1-2-10-18-11-8-14(9-12-18)17-16(19)7-3-5-15-6-4-13-20-15/h4,6,13-14H,2-3,5,7-12H2,1H3,(H,17,19). The van der Waals surface area contributed by atoms with Gasteiger partial charge < -0.3 is 10.2 Å². The van der Waals surface area contributed by atoms with Crippen LogP contribution in [0.3, 0.4) is 0 Å². The minimum absolute atomic E-state index is 0.232. The molecule has 2 heterocycles. The van der Waals surface area contributed by atoms with E-state index in [1.54, 1.807) is 11.3 Å². The van der Waals surface area contributed by atoms with Gasteiger partial charge in [0.15, 0.2) is 0 Å². The molecule has 4 heteroatoms. The lowest BCUT2D eigenvalue weighted by Crippen LogP contribution is -2.44. The van der Waals surface area contributed by atoms with Crippen LogP contribution in [-0.2, 0) is 11.2 Å². The van der Waals surface area contributed by atoms with Crippen LogP contribution >= 0.6 is 11.3 Å². The second kappa shape index (κ2) is 8.42. The molecular weight excluding hydrogens is 268 g/mol. The van der Waals surface area contributed by atoms with E-state index in [0.717, 1.165) is 38.8 Å². The molecule has 0 bridgehead atoms. The highest BCUT2D eigenvalue weighted by molar-refractivity contribution is 7.09. The van der Waals surface area contributed by atoms with Crippen molar-refractivity contribution in [2.24, 2.45) is 0 Å². The van der Waals surface area contributed by atoms with E-state index in [2.05, 4.69) is 34.7 Å². The number of nitrogens with zero attached hydrogens (tertiary/aromatic N) is 1. The van der Waals surface area contributed by atoms with E-state index in [9.17, 15) is 4.79 Å². The molecule has 2 rings (SSSR count). The highest BCUT2D eigenvalue weighted by Crippen LogP contribution is 2.13. The third kappa shape index (κ3) is 5.25. The van der Waals surface area contributed by atoms with E-state index in [1.165, 1.54) is 17.8 Å². The van der Waals surface area contributed by atoms with Gasteiger partial charge >= 0.3 is 0 Å². The molecule has 1 saturated heterocycles. The number of carbonyl (C=O) groups is 1. The number of carbonyl (C=O) groups excluding carboxylic acids is 1. The molecule has 20 heavy (non-hydrogen) atoms. The van der Waals surface area contributed by atoms with Gasteiger partial charge in [-0.25, -0.2) is 0 Å². The first-order valence-electron chi connectivity index (χ1n) is 7.82. The van der Waals surface area contributed by atoms with Crippen LogP contribution in [-0.4, -0.2) is 36.5 Å². The molecule has 0 aliphatic carbocycles. The van der Waals surface area contributed by atoms with Crippen molar-refractivity contribution in [3.8, 4) is 0 Å². The number of amides is 1. The van der Waals surface area contributed by atoms with Crippen LogP contribution in [0.1, 0.15) is 43.9 Å². The van der Waals surface area contributed by atoms with Crippen LogP contribution in [0.2, 0.25) is 0 Å². The van der Waals surface area contributed by atoms with E-state index < -0.39 is 0 Å². The number of hydrogen-bond acceptors (Lipinski definition) is 3. The largest absolute Gasteiger partial charge is 0.353 e. The van der Waals surface area contributed by atoms with Gasteiger partial charge in [0.1, 0.15) is 0 Å². The molecule has 1 amide bonds. The minimum Gasteiger partial charge on any atom is -0.353 e. The van der Waals surface area contributed by atoms with Crippen LogP contribution in [0.4, 0.5) is 0 Å². The minimum atomic E-state index is 0.232. The topological polar surface area (TPSA) is 32.3 Å². The third-order valence-corrected chi connectivity index (χ3v) is 4.84. The Bertz CT molecular complexity index is 383. The summed E-state index contributed by atoms with van der Waals surface area (Å²) in [7, 11) is 0. The Hall–Kier alpha value is -0.870. The van der Waals surface area contributed by atoms with Crippen LogP contribution in [0.15, 0.2) is 17.5 Å². The molecule has 1 N–H and O–H groups in total. The van der Waals surface area contributed by atoms with Crippen molar-refractivity contribution in [2.45, 2.75) is 51.5 Å². The zero-order valence-electron chi connectivity index (χ0n) is 12.4. The monoisotopic (exact) mass is 294 g/mol. The fourth-order valence-electron chi connectivity index (χ4n) is 2.79. The van der Waals surface area contributed by atoms with Gasteiger partial charge in [-0.15, -0.1) is 11.3 Å². The summed E-state index contributed by atoms with van der Waals surface area (Å²) in [6, 6.07) is 4.62. The van der Waals surface area contributed by atoms with Gasteiger partial charge in [-0.05, 0) is 50.1 Å². The molecular formula is C16H26N2OS. The first-order chi connectivity index (χ1) is 9.78. The normalized spacial score (nSPS) is 17.2. The van der Waals surface area contributed by atoms with E-state index in [-0.39, 0.29) is 5.91 Å². The highest BCUT2D eigenvalue weighted by Gasteiger charge is 2.19. The van der Waals surface area contributed by atoms with Crippen molar-refractivity contribution in [2.75, 3.05) is 19.6 Å². The van der Waals surface area contributed by atoms with Gasteiger partial charge in [-0.3, -0.25) is 4.79 Å². The predicted octanol–water partition coefficient (Wildman–Crippen LogP) is 3.06. The summed E-state index contributed by atoms with van der Waals surface area (Å²) < 4.78 is 0. The van der Waals surface area contributed by atoms with Gasteiger partial charge in [0, 0.05) is 30.4 Å². The molecule has 1 aliphatic rings. The Kier molecular flexibility index (Phi) is 6.54. The fourth-order valence-corrected chi connectivity index (χ4v) is 3.55. The first kappa shape index (κ1) is 15.5. The third-order valence-electron chi connectivity index (χ3n) is 3.90. The number of rotatable bonds is 7. The molecule has 1 aliphatic heterocycles. The fraction of sp³-hybridized carbons (Fsp3) is 0.688. The SMILES string of the molecule is CCCN1CCC(NC(=O)CCCc2cccs2)CC1. The first-order valence-corrected chi connectivity index (χ1v) is 8.70. The summed E-state index contributed by atoms with van der Waals surface area (Å²) in [4.78, 5) is 15.8. The van der Waals surface area contributed by atoms with Crippen LogP contribution in [0, 0.1) is 0 Å². The maximum atomic E-state index is 11.9. The molecule has 1 aromatic rings. The average molecular weight is 294 g/mol.